The van der Waals surface area contributed by atoms with E-state index in [1.165, 1.54) is 6.07 Å². The maximum Gasteiger partial charge on any atom is 0.240 e. The van der Waals surface area contributed by atoms with Gasteiger partial charge in [-0.1, -0.05) is 12.1 Å². The number of carbonyl (C=O) groups is 1. The van der Waals surface area contributed by atoms with Crippen LogP contribution in [0.25, 0.3) is 0 Å². The molecule has 5 nitrogen and oxygen atoms in total. The van der Waals surface area contributed by atoms with Gasteiger partial charge in [-0.05, 0) is 44.2 Å². The van der Waals surface area contributed by atoms with Crippen molar-refractivity contribution in [2.45, 2.75) is 62.9 Å². The number of rotatable bonds is 4. The smallest absolute Gasteiger partial charge is 0.240 e. The Kier molecular flexibility index (Phi) is 5.11. The fourth-order valence-corrected chi connectivity index (χ4v) is 4.64. The molecule has 0 radical (unpaired) electrons. The Morgan fingerprint density at radius 3 is 2.93 bits per heavy atom. The fraction of sp³-hybridized carbons (Fsp3) is 0.619. The minimum absolute atomic E-state index is 0.101. The molecule has 0 bridgehead atoms. The molecule has 1 amide bonds. The second-order valence-electron chi connectivity index (χ2n) is 8.35. The molecule has 4 atom stereocenters. The van der Waals surface area contributed by atoms with E-state index in [4.69, 9.17) is 5.26 Å². The van der Waals surface area contributed by atoms with Gasteiger partial charge in [-0.15, -0.1) is 0 Å². The van der Waals surface area contributed by atoms with Crippen LogP contribution in [0, 0.1) is 23.1 Å². The van der Waals surface area contributed by atoms with E-state index < -0.39 is 17.8 Å². The van der Waals surface area contributed by atoms with E-state index in [-0.39, 0.29) is 30.1 Å². The van der Waals surface area contributed by atoms with E-state index in [1.54, 1.807) is 13.0 Å². The van der Waals surface area contributed by atoms with Crippen LogP contribution in [-0.2, 0) is 17.8 Å². The zero-order valence-electron chi connectivity index (χ0n) is 16.0. The van der Waals surface area contributed by atoms with Gasteiger partial charge in [-0.25, -0.2) is 8.78 Å². The van der Waals surface area contributed by atoms with Gasteiger partial charge in [0.15, 0.2) is 0 Å². The van der Waals surface area contributed by atoms with Crippen molar-refractivity contribution in [1.29, 1.82) is 5.26 Å². The lowest BCUT2D eigenvalue weighted by atomic mass is 9.90. The molecule has 28 heavy (non-hydrogen) atoms. The van der Waals surface area contributed by atoms with Gasteiger partial charge in [0.25, 0.3) is 0 Å². The number of nitrogens with one attached hydrogen (secondary N) is 2. The summed E-state index contributed by atoms with van der Waals surface area (Å²) in [5.74, 6) is -0.645. The number of nitrogens with zero attached hydrogens (tertiary/aromatic N) is 2. The van der Waals surface area contributed by atoms with Crippen LogP contribution in [0.4, 0.5) is 8.78 Å². The Bertz CT molecular complexity index is 804. The molecule has 1 saturated carbocycles. The summed E-state index contributed by atoms with van der Waals surface area (Å²) >= 11 is 0. The molecular weight excluding hydrogens is 362 g/mol. The SMILES string of the molecule is C[C@H](NC(=O)C1(N2CCc3cccc(F)c3C2)CC1)C1NCC(C#N)CC1F. The molecule has 2 N–H and O–H groups in total. The van der Waals surface area contributed by atoms with E-state index in [0.717, 1.165) is 31.4 Å². The summed E-state index contributed by atoms with van der Waals surface area (Å²) in [7, 11) is 0. The standard InChI is InChI=1S/C21H26F2N4O/c1-13(19-18(23)9-14(10-24)11-25-19)26-20(28)21(6-7-21)27-8-5-15-3-2-4-17(22)16(15)12-27/h2-4,13-14,18-19,25H,5-9,11-12H2,1H3,(H,26,28)/t13-,14?,18?,19?/m0/s1. The van der Waals surface area contributed by atoms with E-state index >= 15 is 0 Å². The first-order chi connectivity index (χ1) is 13.4. The summed E-state index contributed by atoms with van der Waals surface area (Å²) in [6, 6.07) is 6.36. The number of nitriles is 1. The van der Waals surface area contributed by atoms with Crippen molar-refractivity contribution >= 4 is 5.91 Å². The Balaban J connectivity index is 1.41. The summed E-state index contributed by atoms with van der Waals surface area (Å²) in [5, 5.41) is 15.0. The lowest BCUT2D eigenvalue weighted by molar-refractivity contribution is -0.129. The topological polar surface area (TPSA) is 68.2 Å². The van der Waals surface area contributed by atoms with Gasteiger partial charge < -0.3 is 10.6 Å². The summed E-state index contributed by atoms with van der Waals surface area (Å²) in [4.78, 5) is 15.1. The van der Waals surface area contributed by atoms with E-state index in [1.807, 2.05) is 6.07 Å². The maximum absolute atomic E-state index is 14.4. The number of fused-ring (bicyclic) bond motifs is 1. The highest BCUT2D eigenvalue weighted by molar-refractivity contribution is 5.89. The third-order valence-corrected chi connectivity index (χ3v) is 6.55. The maximum atomic E-state index is 14.4. The van der Waals surface area contributed by atoms with Crippen LogP contribution in [0.3, 0.4) is 0 Å². The Labute approximate surface area is 164 Å². The van der Waals surface area contributed by atoms with Gasteiger partial charge in [-0.3, -0.25) is 9.69 Å². The highest BCUT2D eigenvalue weighted by Crippen LogP contribution is 2.44. The fourth-order valence-electron chi connectivity index (χ4n) is 4.64. The average molecular weight is 388 g/mol. The first-order valence-corrected chi connectivity index (χ1v) is 10.0. The average Bonchev–Trinajstić information content (AvgIpc) is 3.50. The van der Waals surface area contributed by atoms with Crippen molar-refractivity contribution in [3.63, 3.8) is 0 Å². The molecule has 7 heteroatoms. The Morgan fingerprint density at radius 2 is 2.25 bits per heavy atom. The van der Waals surface area contributed by atoms with Gasteiger partial charge in [-0.2, -0.15) is 5.26 Å². The van der Waals surface area contributed by atoms with Crippen LogP contribution in [0.1, 0.15) is 37.3 Å². The molecule has 2 heterocycles. The lowest BCUT2D eigenvalue weighted by Crippen LogP contribution is -2.60. The molecular formula is C21H26F2N4O. The predicted molar refractivity (Wildman–Crippen MR) is 100 cm³/mol. The van der Waals surface area contributed by atoms with Gasteiger partial charge >= 0.3 is 0 Å². The Morgan fingerprint density at radius 1 is 1.46 bits per heavy atom. The van der Waals surface area contributed by atoms with E-state index in [2.05, 4.69) is 21.6 Å². The molecule has 150 valence electrons. The molecule has 1 saturated heterocycles. The molecule has 3 aliphatic rings. The van der Waals surface area contributed by atoms with Crippen LogP contribution in [0.2, 0.25) is 0 Å². The molecule has 2 aliphatic heterocycles. The van der Waals surface area contributed by atoms with E-state index in [9.17, 15) is 13.6 Å². The zero-order valence-corrected chi connectivity index (χ0v) is 16.0. The van der Waals surface area contributed by atoms with Gasteiger partial charge in [0.1, 0.15) is 17.5 Å². The van der Waals surface area contributed by atoms with Gasteiger partial charge in [0.2, 0.25) is 5.91 Å². The summed E-state index contributed by atoms with van der Waals surface area (Å²) in [6.07, 6.45) is 1.23. The number of amides is 1. The molecule has 1 aliphatic carbocycles. The largest absolute Gasteiger partial charge is 0.350 e. The van der Waals surface area contributed by atoms with Crippen LogP contribution in [0.5, 0.6) is 0 Å². The molecule has 4 rings (SSSR count). The number of hydrogen-bond donors (Lipinski definition) is 2. The third-order valence-electron chi connectivity index (χ3n) is 6.55. The highest BCUT2D eigenvalue weighted by Gasteiger charge is 2.55. The first kappa shape index (κ1) is 19.3. The van der Waals surface area contributed by atoms with Crippen molar-refractivity contribution in [3.8, 4) is 6.07 Å². The van der Waals surface area contributed by atoms with Crippen LogP contribution >= 0.6 is 0 Å². The van der Waals surface area contributed by atoms with Crippen LogP contribution < -0.4 is 10.6 Å². The Hall–Kier alpha value is -2.04. The van der Waals surface area contributed by atoms with Crippen molar-refractivity contribution in [2.75, 3.05) is 13.1 Å². The third kappa shape index (κ3) is 3.40. The second kappa shape index (κ2) is 7.41. The van der Waals surface area contributed by atoms with Crippen molar-refractivity contribution in [2.24, 2.45) is 5.92 Å². The number of alkyl halides is 1. The number of carbonyl (C=O) groups excluding carboxylic acids is 1. The molecule has 1 aromatic rings. The van der Waals surface area contributed by atoms with Gasteiger partial charge in [0.05, 0.1) is 18.0 Å². The van der Waals surface area contributed by atoms with Crippen molar-refractivity contribution < 1.29 is 13.6 Å². The normalized spacial score (nSPS) is 30.0. The van der Waals surface area contributed by atoms with Crippen molar-refractivity contribution in [1.82, 2.24) is 15.5 Å². The summed E-state index contributed by atoms with van der Waals surface area (Å²) < 4.78 is 28.7. The number of benzene rings is 1. The van der Waals surface area contributed by atoms with Crippen molar-refractivity contribution in [3.05, 3.63) is 35.1 Å². The minimum atomic E-state index is -1.17. The minimum Gasteiger partial charge on any atom is -0.350 e. The predicted octanol–water partition coefficient (Wildman–Crippen LogP) is 2.06. The second-order valence-corrected chi connectivity index (χ2v) is 8.35. The molecule has 3 unspecified atom stereocenters. The highest BCUT2D eigenvalue weighted by atomic mass is 19.1. The molecule has 0 aromatic heterocycles. The number of hydrogen-bond acceptors (Lipinski definition) is 4. The summed E-state index contributed by atoms with van der Waals surface area (Å²) in [5.41, 5.74) is 1.09. The first-order valence-electron chi connectivity index (χ1n) is 10.0. The number of halogens is 2. The summed E-state index contributed by atoms with van der Waals surface area (Å²) in [6.45, 7) is 3.39. The van der Waals surface area contributed by atoms with E-state index in [0.29, 0.717) is 18.7 Å². The molecule has 0 spiro atoms. The zero-order chi connectivity index (χ0) is 19.9. The number of piperidine rings is 1. The van der Waals surface area contributed by atoms with Crippen LogP contribution in [0.15, 0.2) is 18.2 Å². The quantitative estimate of drug-likeness (QED) is 0.829. The molecule has 1 aromatic carbocycles. The molecule has 2 fully saturated rings. The lowest BCUT2D eigenvalue weighted by Gasteiger charge is -2.38. The van der Waals surface area contributed by atoms with Crippen LogP contribution in [-0.4, -0.2) is 47.7 Å². The van der Waals surface area contributed by atoms with Gasteiger partial charge in [0, 0.05) is 31.2 Å². The monoisotopic (exact) mass is 388 g/mol.